The molecule has 0 saturated carbocycles. The Morgan fingerprint density at radius 3 is 3.11 bits per heavy atom. The van der Waals surface area contributed by atoms with Crippen molar-refractivity contribution in [1.29, 1.82) is 0 Å². The highest BCUT2D eigenvalue weighted by atomic mass is 16.5. The van der Waals surface area contributed by atoms with Gasteiger partial charge < -0.3 is 9.47 Å². The molecule has 1 aromatic rings. The lowest BCUT2D eigenvalue weighted by Crippen LogP contribution is -2.12. The third-order valence-corrected chi connectivity index (χ3v) is 3.93. The fraction of sp³-hybridized carbons (Fsp3) is 0.562. The summed E-state index contributed by atoms with van der Waals surface area (Å²) in [4.78, 5) is 11.9. The minimum absolute atomic E-state index is 0.181. The largest absolute Gasteiger partial charge is 0.493 e. The van der Waals surface area contributed by atoms with Gasteiger partial charge in [0.1, 0.15) is 11.5 Å². The van der Waals surface area contributed by atoms with E-state index in [1.807, 2.05) is 6.07 Å². The second-order valence-electron chi connectivity index (χ2n) is 5.42. The van der Waals surface area contributed by atoms with E-state index in [1.165, 1.54) is 11.1 Å². The molecule has 2 heterocycles. The van der Waals surface area contributed by atoms with Crippen LogP contribution in [0.25, 0.3) is 0 Å². The van der Waals surface area contributed by atoms with E-state index in [0.717, 1.165) is 44.6 Å². The van der Waals surface area contributed by atoms with Crippen LogP contribution in [0, 0.1) is 0 Å². The second-order valence-corrected chi connectivity index (χ2v) is 5.42. The van der Waals surface area contributed by atoms with Crippen molar-refractivity contribution in [2.75, 3.05) is 13.2 Å². The molecule has 1 aromatic carbocycles. The summed E-state index contributed by atoms with van der Waals surface area (Å²) in [7, 11) is 0. The summed E-state index contributed by atoms with van der Waals surface area (Å²) in [6, 6.07) is 6.29. The van der Waals surface area contributed by atoms with Gasteiger partial charge in [0.2, 0.25) is 0 Å². The second kappa shape index (κ2) is 5.74. The minimum atomic E-state index is 0.181. The number of Topliss-reactive ketones (excluding diaryl/α,β-unsaturated/α-hetero) is 1. The standard InChI is InChI=1S/C16H20O3/c17-14(11-15-2-1-8-18-15)5-3-12-4-6-16-13(10-12)7-9-19-16/h4,6,10,15H,1-3,5,7-9,11H2. The maximum Gasteiger partial charge on any atom is 0.135 e. The molecule has 0 bridgehead atoms. The molecule has 3 rings (SSSR count). The van der Waals surface area contributed by atoms with Crippen molar-refractivity contribution in [3.05, 3.63) is 29.3 Å². The van der Waals surface area contributed by atoms with Crippen LogP contribution in [0.4, 0.5) is 0 Å². The topological polar surface area (TPSA) is 35.5 Å². The highest BCUT2D eigenvalue weighted by molar-refractivity contribution is 5.79. The van der Waals surface area contributed by atoms with Gasteiger partial charge in [-0.3, -0.25) is 4.79 Å². The molecule has 0 spiro atoms. The van der Waals surface area contributed by atoms with Gasteiger partial charge in [0.15, 0.2) is 0 Å². The Morgan fingerprint density at radius 2 is 2.26 bits per heavy atom. The van der Waals surface area contributed by atoms with Crippen LogP contribution in [-0.4, -0.2) is 25.1 Å². The van der Waals surface area contributed by atoms with E-state index in [9.17, 15) is 4.79 Å². The number of carbonyl (C=O) groups excluding carboxylic acids is 1. The number of rotatable bonds is 5. The SMILES string of the molecule is O=C(CCc1ccc2c(c1)CCO2)CC1CCCO1. The van der Waals surface area contributed by atoms with E-state index < -0.39 is 0 Å². The minimum Gasteiger partial charge on any atom is -0.493 e. The number of aryl methyl sites for hydroxylation is 1. The van der Waals surface area contributed by atoms with E-state index >= 15 is 0 Å². The van der Waals surface area contributed by atoms with E-state index in [2.05, 4.69) is 12.1 Å². The summed E-state index contributed by atoms with van der Waals surface area (Å²) < 4.78 is 11.0. The molecule has 102 valence electrons. The van der Waals surface area contributed by atoms with Gasteiger partial charge in [0.05, 0.1) is 12.7 Å². The lowest BCUT2D eigenvalue weighted by Gasteiger charge is -2.08. The molecule has 3 heteroatoms. The van der Waals surface area contributed by atoms with Gasteiger partial charge >= 0.3 is 0 Å². The third-order valence-electron chi connectivity index (χ3n) is 3.93. The Bertz CT molecular complexity index is 461. The lowest BCUT2D eigenvalue weighted by atomic mass is 10.0. The summed E-state index contributed by atoms with van der Waals surface area (Å²) in [5, 5.41) is 0. The smallest absolute Gasteiger partial charge is 0.135 e. The van der Waals surface area contributed by atoms with Crippen LogP contribution < -0.4 is 4.74 Å². The van der Waals surface area contributed by atoms with Crippen LogP contribution in [0.1, 0.15) is 36.8 Å². The maximum atomic E-state index is 11.9. The number of carbonyl (C=O) groups is 1. The molecule has 19 heavy (non-hydrogen) atoms. The van der Waals surface area contributed by atoms with Crippen molar-refractivity contribution in [2.24, 2.45) is 0 Å². The molecular weight excluding hydrogens is 240 g/mol. The number of hydrogen-bond donors (Lipinski definition) is 0. The molecule has 1 unspecified atom stereocenters. The number of ether oxygens (including phenoxy) is 2. The van der Waals surface area contributed by atoms with Crippen LogP contribution in [-0.2, 0) is 22.4 Å². The molecule has 0 N–H and O–H groups in total. The van der Waals surface area contributed by atoms with Gasteiger partial charge in [-0.05, 0) is 36.5 Å². The average Bonchev–Trinajstić information content (AvgIpc) is 3.06. The monoisotopic (exact) mass is 260 g/mol. The normalized spacial score (nSPS) is 21.2. The van der Waals surface area contributed by atoms with Gasteiger partial charge in [-0.15, -0.1) is 0 Å². The zero-order chi connectivity index (χ0) is 13.1. The van der Waals surface area contributed by atoms with Crippen LogP contribution in [0.2, 0.25) is 0 Å². The first kappa shape index (κ1) is 12.7. The van der Waals surface area contributed by atoms with Crippen LogP contribution in [0.5, 0.6) is 5.75 Å². The summed E-state index contributed by atoms with van der Waals surface area (Å²) in [6.07, 6.45) is 5.37. The van der Waals surface area contributed by atoms with Gasteiger partial charge in [0, 0.05) is 25.9 Å². The van der Waals surface area contributed by atoms with Gasteiger partial charge in [0.25, 0.3) is 0 Å². The van der Waals surface area contributed by atoms with Crippen molar-refractivity contribution in [2.45, 2.75) is 44.6 Å². The number of benzene rings is 1. The number of hydrogen-bond acceptors (Lipinski definition) is 3. The van der Waals surface area contributed by atoms with E-state index in [4.69, 9.17) is 9.47 Å². The fourth-order valence-corrected chi connectivity index (χ4v) is 2.84. The molecule has 3 nitrogen and oxygen atoms in total. The average molecular weight is 260 g/mol. The van der Waals surface area contributed by atoms with Crippen molar-refractivity contribution in [1.82, 2.24) is 0 Å². The van der Waals surface area contributed by atoms with Gasteiger partial charge in [-0.25, -0.2) is 0 Å². The Hall–Kier alpha value is -1.35. The summed E-state index contributed by atoms with van der Waals surface area (Å²) in [5.74, 6) is 1.33. The zero-order valence-electron chi connectivity index (χ0n) is 11.2. The Labute approximate surface area is 113 Å². The molecule has 1 fully saturated rings. The maximum absolute atomic E-state index is 11.9. The molecule has 2 aliphatic heterocycles. The number of ketones is 1. The summed E-state index contributed by atoms with van der Waals surface area (Å²) in [6.45, 7) is 1.61. The Kier molecular flexibility index (Phi) is 3.83. The van der Waals surface area contributed by atoms with E-state index in [0.29, 0.717) is 18.6 Å². The predicted molar refractivity (Wildman–Crippen MR) is 72.6 cm³/mol. The van der Waals surface area contributed by atoms with Crippen LogP contribution in [0.15, 0.2) is 18.2 Å². The van der Waals surface area contributed by atoms with Crippen molar-refractivity contribution < 1.29 is 14.3 Å². The molecule has 0 amide bonds. The first-order chi connectivity index (χ1) is 9.31. The van der Waals surface area contributed by atoms with E-state index in [-0.39, 0.29) is 6.10 Å². The van der Waals surface area contributed by atoms with Crippen molar-refractivity contribution >= 4 is 5.78 Å². The first-order valence-electron chi connectivity index (χ1n) is 7.19. The van der Waals surface area contributed by atoms with E-state index in [1.54, 1.807) is 0 Å². The molecule has 1 saturated heterocycles. The molecule has 0 radical (unpaired) electrons. The molecule has 2 aliphatic rings. The quantitative estimate of drug-likeness (QED) is 0.816. The molecule has 0 aliphatic carbocycles. The third kappa shape index (κ3) is 3.16. The molecule has 0 aromatic heterocycles. The first-order valence-corrected chi connectivity index (χ1v) is 7.19. The number of fused-ring (bicyclic) bond motifs is 1. The highest BCUT2D eigenvalue weighted by Crippen LogP contribution is 2.26. The Morgan fingerprint density at radius 1 is 1.32 bits per heavy atom. The van der Waals surface area contributed by atoms with Crippen molar-refractivity contribution in [3.63, 3.8) is 0 Å². The Balaban J connectivity index is 1.50. The predicted octanol–water partition coefficient (Wildman–Crippen LogP) is 2.69. The zero-order valence-corrected chi connectivity index (χ0v) is 11.2. The van der Waals surface area contributed by atoms with Crippen LogP contribution in [0.3, 0.4) is 0 Å². The summed E-state index contributed by atoms with van der Waals surface area (Å²) >= 11 is 0. The van der Waals surface area contributed by atoms with Gasteiger partial charge in [-0.2, -0.15) is 0 Å². The lowest BCUT2D eigenvalue weighted by molar-refractivity contribution is -0.121. The van der Waals surface area contributed by atoms with Crippen molar-refractivity contribution in [3.8, 4) is 5.75 Å². The van der Waals surface area contributed by atoms with Gasteiger partial charge in [-0.1, -0.05) is 12.1 Å². The van der Waals surface area contributed by atoms with Crippen LogP contribution >= 0.6 is 0 Å². The molecular formula is C16H20O3. The fourth-order valence-electron chi connectivity index (χ4n) is 2.84. The highest BCUT2D eigenvalue weighted by Gasteiger charge is 2.19. The summed E-state index contributed by atoms with van der Waals surface area (Å²) in [5.41, 5.74) is 2.52. The molecule has 1 atom stereocenters.